The second kappa shape index (κ2) is 61.6. The Morgan fingerprint density at radius 3 is 0.782 bits per heavy atom. The molecular formula is C68H132O17P2. The molecule has 0 aromatic heterocycles. The number of rotatable bonds is 68. The average Bonchev–Trinajstić information content (AvgIpc) is 3.69. The molecule has 0 heterocycles. The molecule has 0 amide bonds. The van der Waals surface area contributed by atoms with Gasteiger partial charge in [0.1, 0.15) is 19.3 Å². The lowest BCUT2D eigenvalue weighted by atomic mass is 10.0. The summed E-state index contributed by atoms with van der Waals surface area (Å²) in [5, 5.41) is 10.5. The molecule has 0 fully saturated rings. The minimum absolute atomic E-state index is 0.104. The second-order valence-corrected chi connectivity index (χ2v) is 27.9. The summed E-state index contributed by atoms with van der Waals surface area (Å²) >= 11 is 0. The van der Waals surface area contributed by atoms with E-state index in [1.165, 1.54) is 148 Å². The third kappa shape index (κ3) is 62.6. The average molecular weight is 1280 g/mol. The molecule has 87 heavy (non-hydrogen) atoms. The number of ether oxygens (including phenoxy) is 4. The number of aliphatic hydroxyl groups is 1. The van der Waals surface area contributed by atoms with Crippen molar-refractivity contribution in [3.63, 3.8) is 0 Å². The Labute approximate surface area is 530 Å². The highest BCUT2D eigenvalue weighted by Gasteiger charge is 2.30. The monoisotopic (exact) mass is 1280 g/mol. The van der Waals surface area contributed by atoms with Gasteiger partial charge < -0.3 is 33.8 Å². The molecule has 2 unspecified atom stereocenters. The number of phosphoric acid groups is 2. The molecule has 0 saturated carbocycles. The highest BCUT2D eigenvalue weighted by Crippen LogP contribution is 2.45. The fourth-order valence-electron chi connectivity index (χ4n) is 10.3. The largest absolute Gasteiger partial charge is 0.472 e. The van der Waals surface area contributed by atoms with Crippen molar-refractivity contribution in [3.05, 3.63) is 0 Å². The van der Waals surface area contributed by atoms with Crippen LogP contribution < -0.4 is 0 Å². The molecule has 3 N–H and O–H groups in total. The Morgan fingerprint density at radius 1 is 0.310 bits per heavy atom. The molecule has 0 aliphatic carbocycles. The summed E-state index contributed by atoms with van der Waals surface area (Å²) in [5.74, 6) is -1.34. The molecule has 17 nitrogen and oxygen atoms in total. The van der Waals surface area contributed by atoms with Gasteiger partial charge >= 0.3 is 39.5 Å². The standard InChI is InChI=1S/C68H132O17P2/c1-6-9-12-15-18-19-20-21-22-23-24-27-31-34-39-44-49-54-68(73)85-64(58-79-66(71)52-47-42-38-33-30-28-25-26-29-32-37-40-45-50-61(4)5)60-83-87(76,77)81-56-62(69)55-80-86(74,75)82-59-63(84-67(72)53-48-43-36-17-14-11-8-3)57-78-65(70)51-46-41-35-16-13-10-7-2/h61-64,69H,6-60H2,1-5H3,(H,74,75)(H,76,77)/t62-,63+,64+/m0/s1. The van der Waals surface area contributed by atoms with Crippen LogP contribution in [0.15, 0.2) is 0 Å². The highest BCUT2D eigenvalue weighted by atomic mass is 31.2. The Kier molecular flexibility index (Phi) is 60.2. The first-order chi connectivity index (χ1) is 42.0. The molecule has 516 valence electrons. The molecule has 0 bridgehead atoms. The fourth-order valence-corrected chi connectivity index (χ4v) is 11.9. The van der Waals surface area contributed by atoms with Crippen LogP contribution in [0.3, 0.4) is 0 Å². The van der Waals surface area contributed by atoms with Crippen molar-refractivity contribution >= 4 is 39.5 Å². The molecule has 0 aromatic carbocycles. The topological polar surface area (TPSA) is 237 Å². The second-order valence-electron chi connectivity index (χ2n) is 25.0. The molecule has 0 aliphatic rings. The first-order valence-corrected chi connectivity index (χ1v) is 38.6. The summed E-state index contributed by atoms with van der Waals surface area (Å²) in [6.45, 7) is 7.17. The zero-order chi connectivity index (χ0) is 64.2. The Morgan fingerprint density at radius 2 is 0.529 bits per heavy atom. The first kappa shape index (κ1) is 85.1. The van der Waals surface area contributed by atoms with Gasteiger partial charge in [0.15, 0.2) is 12.2 Å². The summed E-state index contributed by atoms with van der Waals surface area (Å²) in [7, 11) is -9.88. The zero-order valence-corrected chi connectivity index (χ0v) is 57.9. The lowest BCUT2D eigenvalue weighted by Gasteiger charge is -2.21. The molecule has 19 heteroatoms. The number of carbonyl (C=O) groups is 4. The Hall–Kier alpha value is -1.94. The number of hydrogen-bond acceptors (Lipinski definition) is 15. The maximum Gasteiger partial charge on any atom is 0.472 e. The highest BCUT2D eigenvalue weighted by molar-refractivity contribution is 7.47. The minimum atomic E-state index is -4.95. The number of esters is 4. The van der Waals surface area contributed by atoms with E-state index in [9.17, 15) is 43.2 Å². The van der Waals surface area contributed by atoms with Gasteiger partial charge in [0.2, 0.25) is 0 Å². The van der Waals surface area contributed by atoms with Crippen molar-refractivity contribution in [3.8, 4) is 0 Å². The van der Waals surface area contributed by atoms with Crippen LogP contribution >= 0.6 is 15.6 Å². The van der Waals surface area contributed by atoms with E-state index in [1.54, 1.807) is 0 Å². The van der Waals surface area contributed by atoms with Gasteiger partial charge in [0.05, 0.1) is 26.4 Å². The van der Waals surface area contributed by atoms with Crippen LogP contribution in [0, 0.1) is 5.92 Å². The summed E-state index contributed by atoms with van der Waals surface area (Å²) in [4.78, 5) is 72.2. The van der Waals surface area contributed by atoms with Gasteiger partial charge in [-0.15, -0.1) is 0 Å². The molecule has 0 aliphatic heterocycles. The predicted molar refractivity (Wildman–Crippen MR) is 349 cm³/mol. The number of carbonyl (C=O) groups excluding carboxylic acids is 4. The van der Waals surface area contributed by atoms with E-state index in [0.29, 0.717) is 25.7 Å². The number of hydrogen-bond donors (Lipinski definition) is 3. The number of unbranched alkanes of at least 4 members (excludes halogenated alkanes) is 40. The fraction of sp³-hybridized carbons (Fsp3) is 0.941. The van der Waals surface area contributed by atoms with Crippen LogP contribution in [-0.4, -0.2) is 96.7 Å². The lowest BCUT2D eigenvalue weighted by Crippen LogP contribution is -2.30. The summed E-state index contributed by atoms with van der Waals surface area (Å²) < 4.78 is 68.0. The van der Waals surface area contributed by atoms with Gasteiger partial charge in [0.25, 0.3) is 0 Å². The van der Waals surface area contributed by atoms with Gasteiger partial charge in [-0.1, -0.05) is 298 Å². The zero-order valence-electron chi connectivity index (χ0n) is 56.2. The maximum atomic E-state index is 13.0. The van der Waals surface area contributed by atoms with E-state index >= 15 is 0 Å². The van der Waals surface area contributed by atoms with E-state index in [-0.39, 0.29) is 25.7 Å². The van der Waals surface area contributed by atoms with E-state index < -0.39 is 97.5 Å². The van der Waals surface area contributed by atoms with Crippen molar-refractivity contribution < 1.29 is 80.2 Å². The Bertz CT molecular complexity index is 1690. The van der Waals surface area contributed by atoms with E-state index in [0.717, 1.165) is 121 Å². The first-order valence-electron chi connectivity index (χ1n) is 35.6. The maximum absolute atomic E-state index is 13.0. The van der Waals surface area contributed by atoms with E-state index in [1.807, 2.05) is 0 Å². The SMILES string of the molecule is CCCCCCCCCCCCCCCCCCCC(=O)O[C@H](COC(=O)CCCCCCCCCCCCCCCC(C)C)COP(=O)(O)OC[C@@H](O)COP(=O)(O)OC[C@@H](COC(=O)CCCCCCCCC)OC(=O)CCCCCCCCC. The molecule has 0 radical (unpaired) electrons. The number of phosphoric ester groups is 2. The smallest absolute Gasteiger partial charge is 0.462 e. The van der Waals surface area contributed by atoms with Crippen molar-refractivity contribution in [2.45, 2.75) is 368 Å². The Balaban J connectivity index is 5.15. The van der Waals surface area contributed by atoms with Crippen LogP contribution in [0.5, 0.6) is 0 Å². The van der Waals surface area contributed by atoms with Crippen molar-refractivity contribution in [1.29, 1.82) is 0 Å². The van der Waals surface area contributed by atoms with Crippen LogP contribution in [0.2, 0.25) is 0 Å². The summed E-state index contributed by atoms with van der Waals surface area (Å²) in [6.07, 6.45) is 47.5. The minimum Gasteiger partial charge on any atom is -0.462 e. The number of aliphatic hydroxyl groups excluding tert-OH is 1. The summed E-state index contributed by atoms with van der Waals surface area (Å²) in [6, 6.07) is 0. The van der Waals surface area contributed by atoms with Crippen LogP contribution in [0.25, 0.3) is 0 Å². The summed E-state index contributed by atoms with van der Waals surface area (Å²) in [5.41, 5.74) is 0. The van der Waals surface area contributed by atoms with Crippen molar-refractivity contribution in [1.82, 2.24) is 0 Å². The quantitative estimate of drug-likeness (QED) is 0.0222. The van der Waals surface area contributed by atoms with Crippen LogP contribution in [0.1, 0.15) is 349 Å². The van der Waals surface area contributed by atoms with E-state index in [4.69, 9.17) is 37.0 Å². The molecule has 0 spiro atoms. The molecule has 0 rings (SSSR count). The molecular weight excluding hydrogens is 1150 g/mol. The van der Waals surface area contributed by atoms with Crippen LogP contribution in [0.4, 0.5) is 0 Å². The predicted octanol–water partition coefficient (Wildman–Crippen LogP) is 19.4. The molecule has 0 saturated heterocycles. The van der Waals surface area contributed by atoms with Gasteiger partial charge in [-0.05, 0) is 31.6 Å². The van der Waals surface area contributed by atoms with Gasteiger partial charge in [-0.2, -0.15) is 0 Å². The normalized spacial score (nSPS) is 14.1. The molecule has 5 atom stereocenters. The third-order valence-electron chi connectivity index (χ3n) is 15.8. The van der Waals surface area contributed by atoms with Gasteiger partial charge in [-0.25, -0.2) is 9.13 Å². The van der Waals surface area contributed by atoms with Crippen molar-refractivity contribution in [2.24, 2.45) is 5.92 Å². The van der Waals surface area contributed by atoms with Gasteiger partial charge in [0, 0.05) is 25.7 Å². The third-order valence-corrected chi connectivity index (χ3v) is 17.7. The van der Waals surface area contributed by atoms with Crippen molar-refractivity contribution in [2.75, 3.05) is 39.6 Å². The lowest BCUT2D eigenvalue weighted by molar-refractivity contribution is -0.161. The van der Waals surface area contributed by atoms with E-state index in [2.05, 4.69) is 34.6 Å². The molecule has 0 aromatic rings. The van der Waals surface area contributed by atoms with Crippen LogP contribution in [-0.2, 0) is 65.4 Å². The van der Waals surface area contributed by atoms with Gasteiger partial charge in [-0.3, -0.25) is 37.3 Å².